The monoisotopic (exact) mass is 349 g/mol. The summed E-state index contributed by atoms with van der Waals surface area (Å²) >= 11 is 0. The van der Waals surface area contributed by atoms with E-state index in [1.807, 2.05) is 30.3 Å². The number of aromatic nitrogens is 1. The number of nitrogens with one attached hydrogen (secondary N) is 1. The van der Waals surface area contributed by atoms with Crippen LogP contribution in [0.3, 0.4) is 0 Å². The van der Waals surface area contributed by atoms with Gasteiger partial charge < -0.3 is 14.6 Å². The first-order valence-electron chi connectivity index (χ1n) is 8.76. The Kier molecular flexibility index (Phi) is 5.37. The molecule has 0 aliphatic carbocycles. The Balaban J connectivity index is 1.73. The molecule has 0 atom stereocenters. The number of hydrogen-bond acceptors (Lipinski definition) is 4. The predicted octanol–water partition coefficient (Wildman–Crippen LogP) is 4.83. The molecule has 0 fully saturated rings. The van der Waals surface area contributed by atoms with Gasteiger partial charge >= 0.3 is 0 Å². The second-order valence-corrected chi connectivity index (χ2v) is 6.29. The van der Waals surface area contributed by atoms with Crippen LogP contribution in [0.15, 0.2) is 65.4 Å². The number of rotatable bonds is 6. The van der Waals surface area contributed by atoms with Crippen LogP contribution in [0.2, 0.25) is 0 Å². The molecule has 0 aliphatic heterocycles. The summed E-state index contributed by atoms with van der Waals surface area (Å²) in [7, 11) is 0. The molecule has 0 spiro atoms. The Hall–Kier alpha value is -3.08. The first kappa shape index (κ1) is 17.7. The lowest BCUT2D eigenvalue weighted by Gasteiger charge is -2.27. The molecule has 5 nitrogen and oxygen atoms in total. The van der Waals surface area contributed by atoms with Crippen LogP contribution < -0.4 is 10.2 Å². The van der Waals surface area contributed by atoms with E-state index >= 15 is 0 Å². The van der Waals surface area contributed by atoms with Crippen LogP contribution in [0.4, 0.5) is 11.4 Å². The minimum absolute atomic E-state index is 0.177. The molecule has 0 aliphatic rings. The van der Waals surface area contributed by atoms with Crippen LogP contribution in [0.25, 0.3) is 11.5 Å². The lowest BCUT2D eigenvalue weighted by molar-refractivity contribution is 0.102. The van der Waals surface area contributed by atoms with Gasteiger partial charge in [-0.3, -0.25) is 9.78 Å². The van der Waals surface area contributed by atoms with Gasteiger partial charge in [-0.25, -0.2) is 0 Å². The highest BCUT2D eigenvalue weighted by Crippen LogP contribution is 2.21. The summed E-state index contributed by atoms with van der Waals surface area (Å²) in [6, 6.07) is 15.4. The summed E-state index contributed by atoms with van der Waals surface area (Å²) in [6.07, 6.45) is 3.19. The average Bonchev–Trinajstić information content (AvgIpc) is 3.18. The molecule has 2 heterocycles. The van der Waals surface area contributed by atoms with Crippen molar-refractivity contribution in [3.63, 3.8) is 0 Å². The quantitative estimate of drug-likeness (QED) is 0.692. The highest BCUT2D eigenvalue weighted by Gasteiger charge is 2.11. The van der Waals surface area contributed by atoms with Crippen molar-refractivity contribution in [3.8, 4) is 11.5 Å². The molecule has 2 aromatic heterocycles. The van der Waals surface area contributed by atoms with Gasteiger partial charge in [0.15, 0.2) is 5.76 Å². The molecule has 0 bridgehead atoms. The molecule has 3 aromatic rings. The zero-order valence-electron chi connectivity index (χ0n) is 15.3. The third-order valence-corrected chi connectivity index (χ3v) is 4.22. The number of carbonyl (C=O) groups excluding carboxylic acids is 1. The Morgan fingerprint density at radius 2 is 1.96 bits per heavy atom. The summed E-state index contributed by atoms with van der Waals surface area (Å²) in [5, 5.41) is 2.93. The standard InChI is InChI=1S/C21H23N3O2/c1-4-24(15(2)3)18-9-7-17(8-10-18)23-21(25)16-11-12-22-19(14-16)20-6-5-13-26-20/h5-15H,4H2,1-3H3,(H,23,25). The molecule has 5 heteroatoms. The Morgan fingerprint density at radius 1 is 1.19 bits per heavy atom. The molecule has 0 saturated heterocycles. The van der Waals surface area contributed by atoms with Gasteiger partial charge in [0.1, 0.15) is 5.69 Å². The maximum Gasteiger partial charge on any atom is 0.255 e. The fraction of sp³-hybridized carbons (Fsp3) is 0.238. The summed E-state index contributed by atoms with van der Waals surface area (Å²) in [5.74, 6) is 0.460. The molecule has 1 amide bonds. The number of furan rings is 1. The van der Waals surface area contributed by atoms with E-state index in [2.05, 4.69) is 36.0 Å². The van der Waals surface area contributed by atoms with Crippen LogP contribution in [0.5, 0.6) is 0 Å². The lowest BCUT2D eigenvalue weighted by Crippen LogP contribution is -2.30. The molecule has 1 N–H and O–H groups in total. The Labute approximate surface area is 153 Å². The number of hydrogen-bond donors (Lipinski definition) is 1. The van der Waals surface area contributed by atoms with Gasteiger partial charge in [-0.05, 0) is 69.3 Å². The SMILES string of the molecule is CCN(c1ccc(NC(=O)c2ccnc(-c3ccco3)c2)cc1)C(C)C. The first-order valence-corrected chi connectivity index (χ1v) is 8.76. The second kappa shape index (κ2) is 7.87. The number of anilines is 2. The van der Waals surface area contributed by atoms with Crippen molar-refractivity contribution in [1.82, 2.24) is 4.98 Å². The van der Waals surface area contributed by atoms with E-state index in [1.165, 1.54) is 0 Å². The highest BCUT2D eigenvalue weighted by molar-refractivity contribution is 6.04. The van der Waals surface area contributed by atoms with Gasteiger partial charge in [0.2, 0.25) is 0 Å². The smallest absolute Gasteiger partial charge is 0.255 e. The van der Waals surface area contributed by atoms with Crippen LogP contribution in [-0.2, 0) is 0 Å². The van der Waals surface area contributed by atoms with Crippen molar-refractivity contribution < 1.29 is 9.21 Å². The van der Waals surface area contributed by atoms with Crippen molar-refractivity contribution in [1.29, 1.82) is 0 Å². The maximum absolute atomic E-state index is 12.5. The summed E-state index contributed by atoms with van der Waals surface area (Å²) in [6.45, 7) is 7.41. The molecule has 0 saturated carbocycles. The fourth-order valence-corrected chi connectivity index (χ4v) is 2.92. The van der Waals surface area contributed by atoms with Crippen LogP contribution in [0, 0.1) is 0 Å². The number of nitrogens with zero attached hydrogens (tertiary/aromatic N) is 2. The van der Waals surface area contributed by atoms with E-state index in [-0.39, 0.29) is 5.91 Å². The summed E-state index contributed by atoms with van der Waals surface area (Å²) in [4.78, 5) is 19.1. The van der Waals surface area contributed by atoms with Crippen molar-refractivity contribution >= 4 is 17.3 Å². The summed E-state index contributed by atoms with van der Waals surface area (Å²) < 4.78 is 5.34. The Morgan fingerprint density at radius 3 is 2.58 bits per heavy atom. The topological polar surface area (TPSA) is 58.4 Å². The van der Waals surface area contributed by atoms with Gasteiger partial charge in [0, 0.05) is 35.7 Å². The van der Waals surface area contributed by atoms with E-state index in [4.69, 9.17) is 4.42 Å². The van der Waals surface area contributed by atoms with Crippen molar-refractivity contribution in [2.75, 3.05) is 16.8 Å². The highest BCUT2D eigenvalue weighted by atomic mass is 16.3. The molecule has 26 heavy (non-hydrogen) atoms. The third kappa shape index (κ3) is 3.94. The van der Waals surface area contributed by atoms with E-state index in [0.29, 0.717) is 23.1 Å². The molecule has 1 aromatic carbocycles. The van der Waals surface area contributed by atoms with Gasteiger partial charge in [-0.2, -0.15) is 0 Å². The van der Waals surface area contributed by atoms with Crippen molar-refractivity contribution in [2.45, 2.75) is 26.8 Å². The zero-order chi connectivity index (χ0) is 18.5. The molecule has 3 rings (SSSR count). The lowest BCUT2D eigenvalue weighted by atomic mass is 10.1. The number of carbonyl (C=O) groups is 1. The van der Waals surface area contributed by atoms with Crippen molar-refractivity contribution in [2.24, 2.45) is 0 Å². The average molecular weight is 349 g/mol. The predicted molar refractivity (Wildman–Crippen MR) is 104 cm³/mol. The van der Waals surface area contributed by atoms with Crippen LogP contribution >= 0.6 is 0 Å². The fourth-order valence-electron chi connectivity index (χ4n) is 2.92. The largest absolute Gasteiger partial charge is 0.463 e. The van der Waals surface area contributed by atoms with Crippen LogP contribution in [0.1, 0.15) is 31.1 Å². The van der Waals surface area contributed by atoms with Crippen molar-refractivity contribution in [3.05, 3.63) is 66.6 Å². The first-order chi connectivity index (χ1) is 12.6. The second-order valence-electron chi connectivity index (χ2n) is 6.29. The van der Waals surface area contributed by atoms with Gasteiger partial charge in [-0.15, -0.1) is 0 Å². The minimum Gasteiger partial charge on any atom is -0.463 e. The summed E-state index contributed by atoms with van der Waals surface area (Å²) in [5.41, 5.74) is 3.07. The molecule has 134 valence electrons. The third-order valence-electron chi connectivity index (χ3n) is 4.22. The van der Waals surface area contributed by atoms with Gasteiger partial charge in [0.25, 0.3) is 5.91 Å². The van der Waals surface area contributed by atoms with Gasteiger partial charge in [-0.1, -0.05) is 0 Å². The maximum atomic E-state index is 12.5. The number of benzene rings is 1. The molecular weight excluding hydrogens is 326 g/mol. The van der Waals surface area contributed by atoms with E-state index in [0.717, 1.165) is 17.9 Å². The van der Waals surface area contributed by atoms with E-state index in [1.54, 1.807) is 30.7 Å². The van der Waals surface area contributed by atoms with Crippen LogP contribution in [-0.4, -0.2) is 23.5 Å². The van der Waals surface area contributed by atoms with E-state index < -0.39 is 0 Å². The molecule has 0 radical (unpaired) electrons. The normalized spacial score (nSPS) is 10.8. The van der Waals surface area contributed by atoms with E-state index in [9.17, 15) is 4.79 Å². The molecule has 0 unspecified atom stereocenters. The minimum atomic E-state index is -0.177. The number of amides is 1. The molecular formula is C21H23N3O2. The van der Waals surface area contributed by atoms with Gasteiger partial charge in [0.05, 0.1) is 6.26 Å². The zero-order valence-corrected chi connectivity index (χ0v) is 15.3. The number of pyridine rings is 1. The Bertz CT molecular complexity index is 855.